The highest BCUT2D eigenvalue weighted by Gasteiger charge is 2.14. The molecule has 0 bridgehead atoms. The predicted octanol–water partition coefficient (Wildman–Crippen LogP) is 3.50. The summed E-state index contributed by atoms with van der Waals surface area (Å²) in [4.78, 5) is 15.3. The largest absolute Gasteiger partial charge is 0.490 e. The van der Waals surface area contributed by atoms with Gasteiger partial charge in [0.15, 0.2) is 0 Å². The van der Waals surface area contributed by atoms with E-state index in [1.54, 1.807) is 12.3 Å². The summed E-state index contributed by atoms with van der Waals surface area (Å²) in [6.07, 6.45) is 9.64. The van der Waals surface area contributed by atoms with Gasteiger partial charge in [0, 0.05) is 18.9 Å². The molecule has 1 aromatic heterocycles. The van der Waals surface area contributed by atoms with E-state index in [1.165, 1.54) is 25.5 Å². The molecule has 1 aliphatic rings. The third kappa shape index (κ3) is 4.25. The van der Waals surface area contributed by atoms with E-state index in [2.05, 4.69) is 10.3 Å². The lowest BCUT2D eigenvalue weighted by Gasteiger charge is -2.23. The Morgan fingerprint density at radius 2 is 1.92 bits per heavy atom. The van der Waals surface area contributed by atoms with Gasteiger partial charge >= 0.3 is 0 Å². The van der Waals surface area contributed by atoms with Crippen LogP contribution in [-0.4, -0.2) is 17.0 Å². The van der Waals surface area contributed by atoms with Crippen molar-refractivity contribution in [2.24, 2.45) is 5.73 Å². The van der Waals surface area contributed by atoms with Gasteiger partial charge < -0.3 is 15.8 Å². The van der Waals surface area contributed by atoms with E-state index in [4.69, 9.17) is 10.5 Å². The molecule has 3 rings (SSSR count). The normalized spacial score (nSPS) is 15.0. The zero-order chi connectivity index (χ0) is 16.8. The molecule has 126 valence electrons. The molecule has 1 aliphatic carbocycles. The number of nitrogens with one attached hydrogen (secondary N) is 1. The molecule has 0 aliphatic heterocycles. The molecule has 1 aromatic carbocycles. The molecule has 1 heterocycles. The lowest BCUT2D eigenvalue weighted by atomic mass is 9.98. The number of carbonyl (C=O) groups excluding carboxylic acids is 1. The number of hydrogen-bond acceptors (Lipinski definition) is 4. The molecule has 0 saturated heterocycles. The molecule has 0 atom stereocenters. The first-order valence-corrected chi connectivity index (χ1v) is 8.45. The van der Waals surface area contributed by atoms with Gasteiger partial charge in [0.25, 0.3) is 5.91 Å². The zero-order valence-corrected chi connectivity index (χ0v) is 13.7. The quantitative estimate of drug-likeness (QED) is 0.852. The van der Waals surface area contributed by atoms with E-state index in [1.807, 2.05) is 24.3 Å². The lowest BCUT2D eigenvalue weighted by molar-refractivity contribution is 0.100. The first kappa shape index (κ1) is 16.3. The minimum Gasteiger partial charge on any atom is -0.490 e. The topological polar surface area (TPSA) is 77.2 Å². The number of hydrogen-bond donors (Lipinski definition) is 2. The summed E-state index contributed by atoms with van der Waals surface area (Å²) in [6.45, 7) is 0.605. The highest BCUT2D eigenvalue weighted by atomic mass is 16.5. The van der Waals surface area contributed by atoms with Gasteiger partial charge in [0.05, 0.1) is 17.4 Å². The van der Waals surface area contributed by atoms with E-state index in [9.17, 15) is 4.79 Å². The monoisotopic (exact) mass is 325 g/mol. The Kier molecular flexibility index (Phi) is 5.31. The van der Waals surface area contributed by atoms with E-state index < -0.39 is 5.91 Å². The molecular weight excluding hydrogens is 302 g/mol. The number of pyridine rings is 1. The fourth-order valence-electron chi connectivity index (χ4n) is 3.00. The molecule has 1 saturated carbocycles. The van der Waals surface area contributed by atoms with Crippen molar-refractivity contribution in [2.75, 3.05) is 5.32 Å². The third-order valence-corrected chi connectivity index (χ3v) is 4.35. The molecule has 3 N–H and O–H groups in total. The number of ether oxygens (including phenoxy) is 1. The highest BCUT2D eigenvalue weighted by molar-refractivity contribution is 5.98. The number of amides is 1. The van der Waals surface area contributed by atoms with E-state index in [-0.39, 0.29) is 0 Å². The summed E-state index contributed by atoms with van der Waals surface area (Å²) in [6, 6.07) is 9.84. The summed E-state index contributed by atoms with van der Waals surface area (Å²) in [5.74, 6) is 0.439. The van der Waals surface area contributed by atoms with Crippen LogP contribution < -0.4 is 15.8 Å². The van der Waals surface area contributed by atoms with Crippen LogP contribution in [0.5, 0.6) is 5.75 Å². The summed E-state index contributed by atoms with van der Waals surface area (Å²) >= 11 is 0. The molecule has 0 spiro atoms. The second kappa shape index (κ2) is 7.81. The smallest absolute Gasteiger partial charge is 0.252 e. The molecule has 2 aromatic rings. The Morgan fingerprint density at radius 1 is 1.17 bits per heavy atom. The first-order chi connectivity index (χ1) is 11.7. The number of rotatable bonds is 6. The van der Waals surface area contributed by atoms with Crippen molar-refractivity contribution in [1.29, 1.82) is 0 Å². The van der Waals surface area contributed by atoms with Crippen LogP contribution >= 0.6 is 0 Å². The maximum absolute atomic E-state index is 11.4. The fourth-order valence-corrected chi connectivity index (χ4v) is 3.00. The molecule has 5 nitrogen and oxygen atoms in total. The number of anilines is 1. The van der Waals surface area contributed by atoms with Crippen LogP contribution in [0, 0.1) is 0 Å². The Labute approximate surface area is 142 Å². The number of aromatic nitrogens is 1. The minimum atomic E-state index is -0.484. The van der Waals surface area contributed by atoms with Crippen molar-refractivity contribution in [2.45, 2.75) is 44.8 Å². The van der Waals surface area contributed by atoms with E-state index >= 15 is 0 Å². The van der Waals surface area contributed by atoms with Gasteiger partial charge in [-0.3, -0.25) is 9.78 Å². The van der Waals surface area contributed by atoms with Gasteiger partial charge in [0.1, 0.15) is 5.75 Å². The molecular formula is C19H23N3O2. The summed E-state index contributed by atoms with van der Waals surface area (Å²) in [5, 5.41) is 3.23. The van der Waals surface area contributed by atoms with Crippen molar-refractivity contribution >= 4 is 11.6 Å². The Bertz CT molecular complexity index is 679. The molecule has 0 unspecified atom stereocenters. The van der Waals surface area contributed by atoms with Crippen LogP contribution in [0.1, 0.15) is 48.0 Å². The van der Waals surface area contributed by atoms with Crippen LogP contribution in [-0.2, 0) is 6.54 Å². The molecule has 1 amide bonds. The number of nitrogens with two attached hydrogens (primary N) is 1. The Morgan fingerprint density at radius 3 is 2.62 bits per heavy atom. The van der Waals surface area contributed by atoms with Crippen LogP contribution in [0.4, 0.5) is 5.69 Å². The SMILES string of the molecule is NC(=O)c1cnccc1NCc1ccc(OC2CCCCC2)cc1. The molecule has 5 heteroatoms. The fraction of sp³-hybridized carbons (Fsp3) is 0.368. The third-order valence-electron chi connectivity index (χ3n) is 4.35. The first-order valence-electron chi connectivity index (χ1n) is 8.45. The van der Waals surface area contributed by atoms with Crippen molar-refractivity contribution < 1.29 is 9.53 Å². The Hall–Kier alpha value is -2.56. The van der Waals surface area contributed by atoms with Crippen molar-refractivity contribution in [3.63, 3.8) is 0 Å². The second-order valence-corrected chi connectivity index (χ2v) is 6.16. The van der Waals surface area contributed by atoms with Crippen LogP contribution in [0.15, 0.2) is 42.7 Å². The maximum atomic E-state index is 11.4. The standard InChI is InChI=1S/C19H23N3O2/c20-19(23)17-13-21-11-10-18(17)22-12-14-6-8-16(9-7-14)24-15-4-2-1-3-5-15/h6-11,13,15H,1-5,12H2,(H2,20,23)(H,21,22). The van der Waals surface area contributed by atoms with Crippen LogP contribution in [0.3, 0.4) is 0 Å². The Balaban J connectivity index is 1.57. The zero-order valence-electron chi connectivity index (χ0n) is 13.7. The summed E-state index contributed by atoms with van der Waals surface area (Å²) in [7, 11) is 0. The average Bonchev–Trinajstić information content (AvgIpc) is 2.62. The summed E-state index contributed by atoms with van der Waals surface area (Å²) < 4.78 is 6.03. The van der Waals surface area contributed by atoms with Gasteiger partial charge in [-0.1, -0.05) is 18.6 Å². The van der Waals surface area contributed by atoms with Crippen molar-refractivity contribution in [3.05, 3.63) is 53.9 Å². The molecule has 0 radical (unpaired) electrons. The van der Waals surface area contributed by atoms with Crippen molar-refractivity contribution in [3.8, 4) is 5.75 Å². The molecule has 24 heavy (non-hydrogen) atoms. The lowest BCUT2D eigenvalue weighted by Crippen LogP contribution is -2.19. The van der Waals surface area contributed by atoms with E-state index in [0.29, 0.717) is 23.9 Å². The predicted molar refractivity (Wildman–Crippen MR) is 94.0 cm³/mol. The van der Waals surface area contributed by atoms with Crippen molar-refractivity contribution in [1.82, 2.24) is 4.98 Å². The summed E-state index contributed by atoms with van der Waals surface area (Å²) in [5.41, 5.74) is 7.56. The minimum absolute atomic E-state index is 0.359. The highest BCUT2D eigenvalue weighted by Crippen LogP contribution is 2.24. The number of nitrogens with zero attached hydrogens (tertiary/aromatic N) is 1. The average molecular weight is 325 g/mol. The number of benzene rings is 1. The van der Waals surface area contributed by atoms with Gasteiger partial charge in [0.2, 0.25) is 0 Å². The number of primary amides is 1. The van der Waals surface area contributed by atoms with Gasteiger partial charge in [-0.15, -0.1) is 0 Å². The maximum Gasteiger partial charge on any atom is 0.252 e. The van der Waals surface area contributed by atoms with Crippen LogP contribution in [0.25, 0.3) is 0 Å². The van der Waals surface area contributed by atoms with Crippen LogP contribution in [0.2, 0.25) is 0 Å². The number of carbonyl (C=O) groups is 1. The van der Waals surface area contributed by atoms with Gasteiger partial charge in [-0.05, 0) is 49.4 Å². The second-order valence-electron chi connectivity index (χ2n) is 6.16. The van der Waals surface area contributed by atoms with Gasteiger partial charge in [-0.2, -0.15) is 0 Å². The van der Waals surface area contributed by atoms with E-state index in [0.717, 1.165) is 24.2 Å². The van der Waals surface area contributed by atoms with Gasteiger partial charge in [-0.25, -0.2) is 0 Å². The molecule has 1 fully saturated rings.